The Bertz CT molecular complexity index is 520. The van der Waals surface area contributed by atoms with E-state index in [9.17, 15) is 14.0 Å². The summed E-state index contributed by atoms with van der Waals surface area (Å²) in [6.07, 6.45) is 0.432. The first kappa shape index (κ1) is 14.3. The summed E-state index contributed by atoms with van der Waals surface area (Å²) in [5.41, 5.74) is 0. The molecule has 1 aliphatic rings. The number of aliphatic carboxylic acids is 1. The minimum atomic E-state index is -0.900. The second kappa shape index (κ2) is 5.90. The molecule has 20 heavy (non-hydrogen) atoms. The molecular formula is C14H16FNO4. The number of carbonyl (C=O) groups excluding carboxylic acids is 1. The van der Waals surface area contributed by atoms with Crippen LogP contribution in [0.4, 0.5) is 4.39 Å². The number of carboxylic acids is 1. The number of hydrogen-bond acceptors (Lipinski definition) is 3. The van der Waals surface area contributed by atoms with Crippen molar-refractivity contribution in [3.63, 3.8) is 0 Å². The molecule has 2 unspecified atom stereocenters. The van der Waals surface area contributed by atoms with E-state index in [1.165, 1.54) is 23.1 Å². The molecule has 0 radical (unpaired) electrons. The summed E-state index contributed by atoms with van der Waals surface area (Å²) in [5.74, 6) is -2.29. The van der Waals surface area contributed by atoms with Crippen LogP contribution in [0.2, 0.25) is 0 Å². The molecular weight excluding hydrogens is 265 g/mol. The standard InChI is InChI=1S/C14H16FNO4/c1-9-10(14(18)19)6-7-16(9)13(17)8-20-12-5-3-2-4-11(12)15/h2-5,9-10H,6-8H2,1H3,(H,18,19). The van der Waals surface area contributed by atoms with Crippen LogP contribution in [-0.2, 0) is 9.59 Å². The lowest BCUT2D eigenvalue weighted by molar-refractivity contribution is -0.143. The number of carbonyl (C=O) groups is 2. The lowest BCUT2D eigenvalue weighted by atomic mass is 10.0. The Hall–Kier alpha value is -2.11. The van der Waals surface area contributed by atoms with Crippen LogP contribution in [0.5, 0.6) is 5.75 Å². The molecule has 0 aliphatic carbocycles. The molecule has 0 bridgehead atoms. The van der Waals surface area contributed by atoms with Gasteiger partial charge in [0, 0.05) is 12.6 Å². The van der Waals surface area contributed by atoms with Crippen LogP contribution < -0.4 is 4.74 Å². The molecule has 5 nitrogen and oxygen atoms in total. The van der Waals surface area contributed by atoms with Crippen molar-refractivity contribution in [3.8, 4) is 5.75 Å². The van der Waals surface area contributed by atoms with E-state index in [2.05, 4.69) is 0 Å². The molecule has 6 heteroatoms. The summed E-state index contributed by atoms with van der Waals surface area (Å²) < 4.78 is 18.5. The van der Waals surface area contributed by atoms with Crippen molar-refractivity contribution in [1.82, 2.24) is 4.90 Å². The van der Waals surface area contributed by atoms with Crippen LogP contribution in [0.1, 0.15) is 13.3 Å². The number of ether oxygens (including phenoxy) is 1. The van der Waals surface area contributed by atoms with Crippen LogP contribution in [0, 0.1) is 11.7 Å². The maximum absolute atomic E-state index is 13.3. The van der Waals surface area contributed by atoms with Gasteiger partial charge in [-0.3, -0.25) is 9.59 Å². The third-order valence-corrected chi connectivity index (χ3v) is 3.58. The second-order valence-electron chi connectivity index (χ2n) is 4.78. The molecule has 1 amide bonds. The van der Waals surface area contributed by atoms with Gasteiger partial charge in [0.05, 0.1) is 5.92 Å². The van der Waals surface area contributed by atoms with Gasteiger partial charge in [-0.1, -0.05) is 12.1 Å². The average molecular weight is 281 g/mol. The number of nitrogens with zero attached hydrogens (tertiary/aromatic N) is 1. The number of halogens is 1. The van der Waals surface area contributed by atoms with Crippen LogP contribution in [0.15, 0.2) is 24.3 Å². The Kier molecular flexibility index (Phi) is 4.22. The first-order valence-electron chi connectivity index (χ1n) is 6.40. The fourth-order valence-corrected chi connectivity index (χ4v) is 2.41. The SMILES string of the molecule is CC1C(C(=O)O)CCN1C(=O)COc1ccccc1F. The minimum absolute atomic E-state index is 0.0162. The number of para-hydroxylation sites is 1. The fourth-order valence-electron chi connectivity index (χ4n) is 2.41. The molecule has 1 N–H and O–H groups in total. The highest BCUT2D eigenvalue weighted by Gasteiger charge is 2.38. The van der Waals surface area contributed by atoms with Gasteiger partial charge in [-0.15, -0.1) is 0 Å². The molecule has 1 aromatic carbocycles. The zero-order chi connectivity index (χ0) is 14.7. The molecule has 0 aromatic heterocycles. The molecule has 0 spiro atoms. The highest BCUT2D eigenvalue weighted by Crippen LogP contribution is 2.24. The zero-order valence-corrected chi connectivity index (χ0v) is 11.1. The first-order valence-corrected chi connectivity index (χ1v) is 6.40. The molecule has 1 aromatic rings. The van der Waals surface area contributed by atoms with Gasteiger partial charge in [0.1, 0.15) is 0 Å². The van der Waals surface area contributed by atoms with E-state index in [4.69, 9.17) is 9.84 Å². The van der Waals surface area contributed by atoms with Crippen molar-refractivity contribution in [1.29, 1.82) is 0 Å². The van der Waals surface area contributed by atoms with E-state index in [1.54, 1.807) is 13.0 Å². The molecule has 0 saturated carbocycles. The van der Waals surface area contributed by atoms with Crippen molar-refractivity contribution < 1.29 is 23.8 Å². The molecule has 1 aliphatic heterocycles. The Morgan fingerprint density at radius 3 is 2.75 bits per heavy atom. The van der Waals surface area contributed by atoms with Gasteiger partial charge in [-0.2, -0.15) is 0 Å². The number of rotatable bonds is 4. The molecule has 1 fully saturated rings. The van der Waals surface area contributed by atoms with Crippen molar-refractivity contribution in [2.24, 2.45) is 5.92 Å². The lowest BCUT2D eigenvalue weighted by Crippen LogP contribution is -2.40. The normalized spacial score (nSPS) is 21.8. The maximum atomic E-state index is 13.3. The number of carboxylic acid groups (broad SMARTS) is 1. The Morgan fingerprint density at radius 2 is 2.15 bits per heavy atom. The van der Waals surface area contributed by atoms with Gasteiger partial charge in [-0.25, -0.2) is 4.39 Å². The number of benzene rings is 1. The fraction of sp³-hybridized carbons (Fsp3) is 0.429. The van der Waals surface area contributed by atoms with Crippen molar-refractivity contribution in [2.75, 3.05) is 13.2 Å². The Labute approximate surface area is 116 Å². The average Bonchev–Trinajstić information content (AvgIpc) is 2.79. The van der Waals surface area contributed by atoms with Gasteiger partial charge < -0.3 is 14.7 Å². The van der Waals surface area contributed by atoms with Crippen LogP contribution in [0.25, 0.3) is 0 Å². The van der Waals surface area contributed by atoms with E-state index in [0.29, 0.717) is 13.0 Å². The smallest absolute Gasteiger partial charge is 0.308 e. The number of hydrogen-bond donors (Lipinski definition) is 1. The summed E-state index contributed by atoms with van der Waals surface area (Å²) in [5, 5.41) is 9.01. The zero-order valence-electron chi connectivity index (χ0n) is 11.1. The quantitative estimate of drug-likeness (QED) is 0.908. The van der Waals surface area contributed by atoms with E-state index in [1.807, 2.05) is 0 Å². The summed E-state index contributed by atoms with van der Waals surface area (Å²) in [4.78, 5) is 24.5. The molecule has 108 valence electrons. The van der Waals surface area contributed by atoms with Gasteiger partial charge >= 0.3 is 5.97 Å². The third-order valence-electron chi connectivity index (χ3n) is 3.58. The van der Waals surface area contributed by atoms with Crippen LogP contribution in [-0.4, -0.2) is 41.1 Å². The largest absolute Gasteiger partial charge is 0.481 e. The van der Waals surface area contributed by atoms with Crippen molar-refractivity contribution >= 4 is 11.9 Å². The summed E-state index contributed by atoms with van der Waals surface area (Å²) in [6.45, 7) is 1.79. The summed E-state index contributed by atoms with van der Waals surface area (Å²) >= 11 is 0. The minimum Gasteiger partial charge on any atom is -0.481 e. The number of amides is 1. The molecule has 2 atom stereocenters. The highest BCUT2D eigenvalue weighted by molar-refractivity contribution is 5.80. The van der Waals surface area contributed by atoms with Crippen LogP contribution in [0.3, 0.4) is 0 Å². The molecule has 1 saturated heterocycles. The predicted octanol–water partition coefficient (Wildman–Crippen LogP) is 1.53. The Morgan fingerprint density at radius 1 is 1.45 bits per heavy atom. The monoisotopic (exact) mass is 281 g/mol. The maximum Gasteiger partial charge on any atom is 0.308 e. The van der Waals surface area contributed by atoms with Gasteiger partial charge in [0.2, 0.25) is 0 Å². The van der Waals surface area contributed by atoms with E-state index in [-0.39, 0.29) is 24.3 Å². The lowest BCUT2D eigenvalue weighted by Gasteiger charge is -2.23. The third kappa shape index (κ3) is 2.89. The second-order valence-corrected chi connectivity index (χ2v) is 4.78. The first-order chi connectivity index (χ1) is 9.50. The summed E-state index contributed by atoms with van der Waals surface area (Å²) in [7, 11) is 0. The summed E-state index contributed by atoms with van der Waals surface area (Å²) in [6, 6.07) is 5.46. The van der Waals surface area contributed by atoms with E-state index >= 15 is 0 Å². The molecule has 2 rings (SSSR count). The predicted molar refractivity (Wildman–Crippen MR) is 68.8 cm³/mol. The van der Waals surface area contributed by atoms with Gasteiger partial charge in [0.15, 0.2) is 18.2 Å². The highest BCUT2D eigenvalue weighted by atomic mass is 19.1. The van der Waals surface area contributed by atoms with Gasteiger partial charge in [-0.05, 0) is 25.5 Å². The van der Waals surface area contributed by atoms with Crippen molar-refractivity contribution in [3.05, 3.63) is 30.1 Å². The number of likely N-dealkylation sites (tertiary alicyclic amines) is 1. The van der Waals surface area contributed by atoms with E-state index in [0.717, 1.165) is 0 Å². The van der Waals surface area contributed by atoms with Gasteiger partial charge in [0.25, 0.3) is 5.91 Å². The van der Waals surface area contributed by atoms with Crippen LogP contribution >= 0.6 is 0 Å². The topological polar surface area (TPSA) is 66.8 Å². The Balaban J connectivity index is 1.93. The van der Waals surface area contributed by atoms with Crippen molar-refractivity contribution in [2.45, 2.75) is 19.4 Å². The van der Waals surface area contributed by atoms with E-state index < -0.39 is 17.7 Å². The molecule has 1 heterocycles.